The Hall–Kier alpha value is -11.7. The number of benzene rings is 12. The second kappa shape index (κ2) is 24.0. The van der Waals surface area contributed by atoms with Gasteiger partial charge in [0.25, 0.3) is 0 Å². The molecule has 0 aliphatic heterocycles. The third-order valence-electron chi connectivity index (χ3n) is 19.7. The van der Waals surface area contributed by atoms with Crippen LogP contribution in [0.5, 0.6) is 0 Å². The van der Waals surface area contributed by atoms with E-state index in [9.17, 15) is 0 Å². The highest BCUT2D eigenvalue weighted by atomic mass is 16.3. The Balaban J connectivity index is 0.000000113. The summed E-state index contributed by atoms with van der Waals surface area (Å²) in [6.45, 7) is 13.0. The van der Waals surface area contributed by atoms with E-state index in [4.69, 9.17) is 13.3 Å². The van der Waals surface area contributed by atoms with Crippen molar-refractivity contribution in [1.29, 1.82) is 0 Å². The maximum Gasteiger partial charge on any atom is 0.213 e. The van der Waals surface area contributed by atoms with Crippen molar-refractivity contribution in [3.8, 4) is 67.2 Å². The minimum atomic E-state index is 0.941. The molecular formula is C90H72N3O3+3. The largest absolute Gasteiger partial charge is 0.456 e. The minimum absolute atomic E-state index is 0.941. The first-order valence-corrected chi connectivity index (χ1v) is 33.0. The summed E-state index contributed by atoms with van der Waals surface area (Å²) < 4.78 is 25.9. The molecule has 0 aliphatic carbocycles. The lowest BCUT2D eigenvalue weighted by Gasteiger charge is -2.10. The van der Waals surface area contributed by atoms with Crippen LogP contribution in [0.3, 0.4) is 0 Å². The number of pyridine rings is 3. The van der Waals surface area contributed by atoms with Gasteiger partial charge in [0, 0.05) is 84.4 Å². The smallest absolute Gasteiger partial charge is 0.213 e. The van der Waals surface area contributed by atoms with Crippen LogP contribution in [0, 0.1) is 41.5 Å². The molecule has 12 aromatic carbocycles. The summed E-state index contributed by atoms with van der Waals surface area (Å²) in [5.74, 6) is 0. The van der Waals surface area contributed by atoms with E-state index in [1.807, 2.05) is 0 Å². The lowest BCUT2D eigenvalue weighted by molar-refractivity contribution is -0.660. The van der Waals surface area contributed by atoms with Gasteiger partial charge in [-0.3, -0.25) is 0 Å². The summed E-state index contributed by atoms with van der Waals surface area (Å²) in [4.78, 5) is 0. The highest BCUT2D eigenvalue weighted by molar-refractivity contribution is 6.14. The summed E-state index contributed by atoms with van der Waals surface area (Å²) in [7, 11) is 6.33. The molecule has 0 N–H and O–H groups in total. The SMILES string of the molecule is Cc1c(-c2cc(-c3ccccc3)cc[n+]2C)ccc2c1oc1cc3ccccc3cc12.Cc1c[n+](C)c(-c2ccc3c(oc4cc5ccccc5cc43)c2C)cc1-c1ccccc1.Cc1ccc2cc3oc4c(C)c(-c5cc(-c6ccccc6)c(C)c[n+]5C)ccc4c3cc2c1. The fourth-order valence-electron chi connectivity index (χ4n) is 14.6. The maximum absolute atomic E-state index is 6.45. The number of furan rings is 3. The second-order valence-corrected chi connectivity index (χ2v) is 26.0. The molecule has 0 bridgehead atoms. The first-order valence-electron chi connectivity index (χ1n) is 33.0. The van der Waals surface area contributed by atoms with Crippen molar-refractivity contribution in [3.05, 3.63) is 307 Å². The van der Waals surface area contributed by atoms with Gasteiger partial charge in [-0.1, -0.05) is 163 Å². The Morgan fingerprint density at radius 2 is 0.604 bits per heavy atom. The predicted octanol–water partition coefficient (Wildman–Crippen LogP) is 22.5. The molecule has 0 unspecified atom stereocenters. The Bertz CT molecular complexity index is 6110. The van der Waals surface area contributed by atoms with E-state index in [1.165, 1.54) is 165 Å². The van der Waals surface area contributed by atoms with E-state index in [-0.39, 0.29) is 0 Å². The highest BCUT2D eigenvalue weighted by Crippen LogP contribution is 2.42. The predicted molar refractivity (Wildman–Crippen MR) is 398 cm³/mol. The molecule has 96 heavy (non-hydrogen) atoms. The van der Waals surface area contributed by atoms with E-state index in [2.05, 4.69) is 350 Å². The van der Waals surface area contributed by atoms with E-state index in [1.54, 1.807) is 0 Å². The highest BCUT2D eigenvalue weighted by Gasteiger charge is 2.24. The van der Waals surface area contributed by atoms with Gasteiger partial charge >= 0.3 is 0 Å². The first-order chi connectivity index (χ1) is 46.8. The molecule has 0 saturated heterocycles. The van der Waals surface area contributed by atoms with Gasteiger partial charge in [0.1, 0.15) is 54.6 Å². The first kappa shape index (κ1) is 59.3. The molecule has 18 rings (SSSR count). The standard InChI is InChI=1S/C31H26NO.C30H24NO.C29H22NO/c1-19-10-11-23-16-30-28(15-24(23)14-19)26-13-12-25(21(3)31(26)33-30)29-17-27(20(2)18-32(29)4)22-8-6-5-7-9-22;1-19-18-31(3)28(17-26(19)21-9-5-4-6-10-21)24-13-14-25-27-15-22-11-7-8-12-23(22)16-29(27)32-30(25)20(24)2;1-19-24(27-17-23(14-15-30(27)2)20-8-4-3-5-9-20)12-13-25-26-16-21-10-6-7-11-22(21)18-28(26)31-29(19)25/h5-18H,1-4H3;4-18H,1-3H3;3-18H,1-2H3/q3*+1. The number of hydrogen-bond donors (Lipinski definition) is 0. The second-order valence-electron chi connectivity index (χ2n) is 26.0. The normalized spacial score (nSPS) is 11.6. The minimum Gasteiger partial charge on any atom is -0.456 e. The number of rotatable bonds is 6. The van der Waals surface area contributed by atoms with Crippen LogP contribution in [0.4, 0.5) is 0 Å². The molecular weight excluding hydrogens is 1170 g/mol. The van der Waals surface area contributed by atoms with Gasteiger partial charge in [0.2, 0.25) is 17.1 Å². The lowest BCUT2D eigenvalue weighted by Crippen LogP contribution is -2.31. The van der Waals surface area contributed by atoms with Crippen molar-refractivity contribution < 1.29 is 27.0 Å². The van der Waals surface area contributed by atoms with Crippen LogP contribution in [-0.2, 0) is 21.1 Å². The van der Waals surface area contributed by atoms with E-state index in [0.717, 1.165) is 33.5 Å². The Kier molecular flexibility index (Phi) is 14.8. The molecule has 0 spiro atoms. The Labute approximate surface area is 558 Å². The molecule has 6 aromatic heterocycles. The summed E-state index contributed by atoms with van der Waals surface area (Å²) in [5.41, 5.74) is 27.6. The van der Waals surface area contributed by atoms with Crippen molar-refractivity contribution in [3.63, 3.8) is 0 Å². The molecule has 0 aliphatic rings. The molecule has 0 saturated carbocycles. The quantitative estimate of drug-likeness (QED) is 0.156. The molecule has 6 heterocycles. The van der Waals surface area contributed by atoms with E-state index in [0.29, 0.717) is 0 Å². The fourth-order valence-corrected chi connectivity index (χ4v) is 14.6. The van der Waals surface area contributed by atoms with Crippen LogP contribution in [0.25, 0.3) is 165 Å². The van der Waals surface area contributed by atoms with Crippen LogP contribution < -0.4 is 13.7 Å². The lowest BCUT2D eigenvalue weighted by atomic mass is 9.96. The van der Waals surface area contributed by atoms with Gasteiger partial charge in [-0.2, -0.15) is 0 Å². The summed E-state index contributed by atoms with van der Waals surface area (Å²) in [5, 5.41) is 14.4. The molecule has 0 radical (unpaired) electrons. The van der Waals surface area contributed by atoms with E-state index < -0.39 is 0 Å². The van der Waals surface area contributed by atoms with E-state index >= 15 is 0 Å². The van der Waals surface area contributed by atoms with Crippen LogP contribution in [0.1, 0.15) is 33.4 Å². The average molecular weight is 1240 g/mol. The molecule has 0 amide bonds. The Morgan fingerprint density at radius 3 is 1.02 bits per heavy atom. The van der Waals surface area contributed by atoms with Gasteiger partial charge in [0.15, 0.2) is 18.6 Å². The number of nitrogens with zero attached hydrogens (tertiary/aromatic N) is 3. The number of fused-ring (bicyclic) bond motifs is 12. The van der Waals surface area contributed by atoms with Gasteiger partial charge < -0.3 is 13.3 Å². The molecule has 6 heteroatoms. The zero-order valence-corrected chi connectivity index (χ0v) is 55.5. The van der Waals surface area contributed by atoms with Crippen molar-refractivity contribution >= 4 is 98.1 Å². The van der Waals surface area contributed by atoms with Crippen molar-refractivity contribution in [1.82, 2.24) is 0 Å². The van der Waals surface area contributed by atoms with Gasteiger partial charge in [0.05, 0.1) is 16.7 Å². The van der Waals surface area contributed by atoms with Gasteiger partial charge in [-0.05, 0) is 180 Å². The van der Waals surface area contributed by atoms with Crippen molar-refractivity contribution in [2.24, 2.45) is 21.1 Å². The molecule has 462 valence electrons. The van der Waals surface area contributed by atoms with Crippen molar-refractivity contribution in [2.45, 2.75) is 41.5 Å². The number of hydrogen-bond acceptors (Lipinski definition) is 3. The van der Waals surface area contributed by atoms with Crippen LogP contribution >= 0.6 is 0 Å². The molecule has 0 atom stereocenters. The van der Waals surface area contributed by atoms with Crippen LogP contribution in [0.2, 0.25) is 0 Å². The summed E-state index contributed by atoms with van der Waals surface area (Å²) >= 11 is 0. The maximum atomic E-state index is 6.45. The topological polar surface area (TPSA) is 51.1 Å². The monoisotopic (exact) mass is 1240 g/mol. The Morgan fingerprint density at radius 1 is 0.250 bits per heavy atom. The third-order valence-corrected chi connectivity index (χ3v) is 19.7. The zero-order valence-electron chi connectivity index (χ0n) is 55.5. The van der Waals surface area contributed by atoms with Crippen LogP contribution in [0.15, 0.2) is 287 Å². The van der Waals surface area contributed by atoms with Crippen molar-refractivity contribution in [2.75, 3.05) is 0 Å². The number of aryl methyl sites for hydroxylation is 9. The third kappa shape index (κ3) is 10.5. The fraction of sp³-hybridized carbons (Fsp3) is 0.100. The van der Waals surface area contributed by atoms with Gasteiger partial charge in [-0.25, -0.2) is 13.7 Å². The summed E-state index contributed by atoms with van der Waals surface area (Å²) in [6.07, 6.45) is 6.56. The molecule has 6 nitrogen and oxygen atoms in total. The zero-order chi connectivity index (χ0) is 65.5. The van der Waals surface area contributed by atoms with Crippen LogP contribution in [-0.4, -0.2) is 0 Å². The molecule has 0 fully saturated rings. The summed E-state index contributed by atoms with van der Waals surface area (Å²) in [6, 6.07) is 90.8. The molecule has 18 aromatic rings. The average Bonchev–Trinajstić information content (AvgIpc) is 1.57. The van der Waals surface area contributed by atoms with Gasteiger partial charge in [-0.15, -0.1) is 0 Å². The number of aromatic nitrogens is 3.